The number of hydrogen-bond acceptors (Lipinski definition) is 2. The maximum atomic E-state index is 13.0. The van der Waals surface area contributed by atoms with Crippen molar-refractivity contribution in [3.05, 3.63) is 41.7 Å². The van der Waals surface area contributed by atoms with Gasteiger partial charge in [-0.25, -0.2) is 0 Å². The predicted octanol–water partition coefficient (Wildman–Crippen LogP) is -0.592. The van der Waals surface area contributed by atoms with E-state index in [9.17, 15) is 12.9 Å². The molecule has 2 aromatic rings. The molecule has 108 valence electrons. The van der Waals surface area contributed by atoms with Crippen molar-refractivity contribution in [1.29, 1.82) is 0 Å². The van der Waals surface area contributed by atoms with Crippen LogP contribution in [0.5, 0.6) is 5.75 Å². The van der Waals surface area contributed by atoms with E-state index >= 15 is 0 Å². The Morgan fingerprint density at radius 1 is 1.29 bits per heavy atom. The van der Waals surface area contributed by atoms with Gasteiger partial charge in [-0.1, -0.05) is 23.2 Å². The number of ether oxygens (including phenoxy) is 1. The third-order valence-corrected chi connectivity index (χ3v) is 2.92. The molecule has 0 unspecified atom stereocenters. The molecule has 8 heteroatoms. The number of aryl methyl sites for hydroxylation is 2. The van der Waals surface area contributed by atoms with Crippen LogP contribution in [-0.2, 0) is 13.5 Å². The first-order chi connectivity index (χ1) is 9.36. The molecule has 1 heterocycles. The first-order valence-electron chi connectivity index (χ1n) is 6.27. The standard InChI is InChI=1S/C13H15BF3N2O.K/c1-10-3-4-13(12(7-10)14(15,16)17)20-6-5-11-8-18-19(2)9-11;/h3-4,7-9H,5-6H2,1-2H3;/q-1;+1. The molecular weight excluding hydrogens is 307 g/mol. The molecular formula is C13H15BF3KN2O. The quantitative estimate of drug-likeness (QED) is 0.688. The summed E-state index contributed by atoms with van der Waals surface area (Å²) in [6, 6.07) is 4.12. The fourth-order valence-corrected chi connectivity index (χ4v) is 1.93. The van der Waals surface area contributed by atoms with Gasteiger partial charge in [0.15, 0.2) is 0 Å². The Balaban J connectivity index is 0.00000220. The molecule has 0 fully saturated rings. The van der Waals surface area contributed by atoms with Crippen molar-refractivity contribution >= 4 is 12.4 Å². The van der Waals surface area contributed by atoms with Gasteiger partial charge in [0.25, 0.3) is 0 Å². The average molecular weight is 322 g/mol. The summed E-state index contributed by atoms with van der Waals surface area (Å²) in [6.45, 7) is -3.25. The summed E-state index contributed by atoms with van der Waals surface area (Å²) in [7, 11) is 1.79. The van der Waals surface area contributed by atoms with Crippen molar-refractivity contribution < 1.29 is 69.1 Å². The van der Waals surface area contributed by atoms with Gasteiger partial charge in [0.1, 0.15) is 0 Å². The van der Waals surface area contributed by atoms with Crippen molar-refractivity contribution in [3.63, 3.8) is 0 Å². The molecule has 1 aromatic carbocycles. The number of hydrogen-bond donors (Lipinski definition) is 0. The number of benzene rings is 1. The van der Waals surface area contributed by atoms with Gasteiger partial charge in [0.05, 0.1) is 18.6 Å². The minimum atomic E-state index is -5.07. The largest absolute Gasteiger partial charge is 1.00 e. The molecule has 21 heavy (non-hydrogen) atoms. The zero-order valence-corrected chi connectivity index (χ0v) is 15.4. The zero-order chi connectivity index (χ0) is 14.8. The summed E-state index contributed by atoms with van der Waals surface area (Å²) in [4.78, 5) is 0. The van der Waals surface area contributed by atoms with Crippen molar-refractivity contribution in [2.45, 2.75) is 13.3 Å². The molecule has 0 bridgehead atoms. The van der Waals surface area contributed by atoms with Gasteiger partial charge in [0.2, 0.25) is 0 Å². The summed E-state index contributed by atoms with van der Waals surface area (Å²) in [5.41, 5.74) is 0.827. The molecule has 0 aliphatic rings. The summed E-state index contributed by atoms with van der Waals surface area (Å²) < 4.78 is 45.8. The van der Waals surface area contributed by atoms with Crippen molar-refractivity contribution in [2.75, 3.05) is 6.61 Å². The van der Waals surface area contributed by atoms with E-state index in [1.165, 1.54) is 6.07 Å². The SMILES string of the molecule is Cc1ccc(OCCc2cnn(C)c2)c([B-](F)(F)F)c1.[K+]. The van der Waals surface area contributed by atoms with E-state index in [2.05, 4.69) is 5.10 Å². The number of rotatable bonds is 5. The molecule has 1 aromatic heterocycles. The third-order valence-electron chi connectivity index (χ3n) is 2.92. The fraction of sp³-hybridized carbons (Fsp3) is 0.308. The molecule has 3 nitrogen and oxygen atoms in total. The second-order valence-corrected chi connectivity index (χ2v) is 4.74. The molecule has 0 aliphatic carbocycles. The average Bonchev–Trinajstić information content (AvgIpc) is 2.76. The summed E-state index contributed by atoms with van der Waals surface area (Å²) in [6.07, 6.45) is 4.01. The molecule has 0 atom stereocenters. The molecule has 2 rings (SSSR count). The first-order valence-corrected chi connectivity index (χ1v) is 6.27. The van der Waals surface area contributed by atoms with Crippen LogP contribution >= 0.6 is 0 Å². The Kier molecular flexibility index (Phi) is 6.99. The number of aromatic nitrogens is 2. The van der Waals surface area contributed by atoms with Gasteiger partial charge in [-0.15, -0.1) is 0 Å². The number of halogens is 3. The van der Waals surface area contributed by atoms with E-state index in [-0.39, 0.29) is 63.7 Å². The minimum absolute atomic E-state index is 0. The van der Waals surface area contributed by atoms with Crippen molar-refractivity contribution in [2.24, 2.45) is 7.05 Å². The van der Waals surface area contributed by atoms with Crippen LogP contribution in [0.15, 0.2) is 30.6 Å². The molecule has 0 spiro atoms. The van der Waals surface area contributed by atoms with Crippen LogP contribution in [-0.4, -0.2) is 23.4 Å². The van der Waals surface area contributed by atoms with Crippen molar-refractivity contribution in [3.8, 4) is 5.75 Å². The van der Waals surface area contributed by atoms with Gasteiger partial charge >= 0.3 is 58.4 Å². The van der Waals surface area contributed by atoms with Crippen LogP contribution in [0.4, 0.5) is 12.9 Å². The first kappa shape index (κ1) is 18.8. The summed E-state index contributed by atoms with van der Waals surface area (Å²) in [5, 5.41) is 3.99. The van der Waals surface area contributed by atoms with Gasteiger partial charge < -0.3 is 17.7 Å². The molecule has 0 saturated heterocycles. The van der Waals surface area contributed by atoms with Gasteiger partial charge in [-0.2, -0.15) is 5.10 Å². The molecule has 0 amide bonds. The second kappa shape index (κ2) is 7.82. The molecule has 0 aliphatic heterocycles. The summed E-state index contributed by atoms with van der Waals surface area (Å²) >= 11 is 0. The van der Waals surface area contributed by atoms with Crippen molar-refractivity contribution in [1.82, 2.24) is 9.78 Å². The van der Waals surface area contributed by atoms with Gasteiger partial charge in [-0.05, 0) is 18.6 Å². The van der Waals surface area contributed by atoms with E-state index in [1.54, 1.807) is 30.9 Å². The number of nitrogens with zero attached hydrogens (tertiary/aromatic N) is 2. The van der Waals surface area contributed by atoms with E-state index in [4.69, 9.17) is 4.74 Å². The maximum Gasteiger partial charge on any atom is 1.00 e. The van der Waals surface area contributed by atoms with E-state index < -0.39 is 12.4 Å². The Bertz CT molecular complexity index is 601. The monoisotopic (exact) mass is 322 g/mol. The van der Waals surface area contributed by atoms with E-state index in [0.717, 1.165) is 11.6 Å². The minimum Gasteiger partial charge on any atom is -0.496 e. The Morgan fingerprint density at radius 2 is 2.00 bits per heavy atom. The van der Waals surface area contributed by atoms with E-state index in [0.29, 0.717) is 12.0 Å². The fourth-order valence-electron chi connectivity index (χ4n) is 1.93. The molecule has 0 radical (unpaired) electrons. The maximum absolute atomic E-state index is 13.0. The van der Waals surface area contributed by atoms with Crippen LogP contribution < -0.4 is 61.6 Å². The van der Waals surface area contributed by atoms with Gasteiger partial charge in [0, 0.05) is 19.7 Å². The Hall–Kier alpha value is -0.279. The topological polar surface area (TPSA) is 27.1 Å². The zero-order valence-electron chi connectivity index (χ0n) is 12.3. The Morgan fingerprint density at radius 3 is 2.57 bits per heavy atom. The van der Waals surface area contributed by atoms with E-state index in [1.807, 2.05) is 6.20 Å². The predicted molar refractivity (Wildman–Crippen MR) is 72.3 cm³/mol. The van der Waals surface area contributed by atoms with Crippen LogP contribution in [0.1, 0.15) is 11.1 Å². The van der Waals surface area contributed by atoms with Gasteiger partial charge in [-0.3, -0.25) is 4.68 Å². The second-order valence-electron chi connectivity index (χ2n) is 4.74. The normalized spacial score (nSPS) is 11.1. The summed E-state index contributed by atoms with van der Waals surface area (Å²) in [5.74, 6) is -0.105. The van der Waals surface area contributed by atoms with Crippen LogP contribution in [0.3, 0.4) is 0 Å². The third kappa shape index (κ3) is 5.45. The van der Waals surface area contributed by atoms with Crippen LogP contribution in [0, 0.1) is 6.92 Å². The molecule has 0 N–H and O–H groups in total. The van der Waals surface area contributed by atoms with Crippen LogP contribution in [0.2, 0.25) is 0 Å². The Labute approximate surface area is 164 Å². The molecule has 0 saturated carbocycles. The smallest absolute Gasteiger partial charge is 0.496 e. The van der Waals surface area contributed by atoms with Crippen LogP contribution in [0.25, 0.3) is 0 Å².